The summed E-state index contributed by atoms with van der Waals surface area (Å²) in [6, 6.07) is 16.3. The molecule has 1 atom stereocenters. The Labute approximate surface area is 149 Å². The van der Waals surface area contributed by atoms with E-state index >= 15 is 0 Å². The maximum Gasteiger partial charge on any atom is 0.328 e. The second-order valence-corrected chi connectivity index (χ2v) is 7.07. The van der Waals surface area contributed by atoms with Crippen LogP contribution in [0.1, 0.15) is 42.3 Å². The third-order valence-corrected chi connectivity index (χ3v) is 4.09. The third-order valence-electron chi connectivity index (χ3n) is 4.09. The molecule has 0 aromatic heterocycles. The van der Waals surface area contributed by atoms with Crippen LogP contribution in [0.4, 0.5) is 0 Å². The van der Waals surface area contributed by atoms with Crippen LogP contribution < -0.4 is 5.32 Å². The summed E-state index contributed by atoms with van der Waals surface area (Å²) < 4.78 is 4.83. The molecule has 1 N–H and O–H groups in total. The van der Waals surface area contributed by atoms with Crippen molar-refractivity contribution in [3.8, 4) is 0 Å². The van der Waals surface area contributed by atoms with Crippen LogP contribution in [0.15, 0.2) is 54.6 Å². The van der Waals surface area contributed by atoms with E-state index in [-0.39, 0.29) is 11.3 Å². The van der Waals surface area contributed by atoms with Gasteiger partial charge in [-0.15, -0.1) is 0 Å². The molecule has 0 aliphatic heterocycles. The minimum atomic E-state index is -0.720. The number of hydrogen-bond donors (Lipinski definition) is 1. The SMILES string of the molecule is COC(=O)C(Cc1ccccc1)NC(=O)c1ccc(C(C)(C)C)cc1. The Hall–Kier alpha value is -2.62. The number of carbonyl (C=O) groups excluding carboxylic acids is 2. The number of hydrogen-bond acceptors (Lipinski definition) is 3. The van der Waals surface area contributed by atoms with Gasteiger partial charge in [-0.1, -0.05) is 63.2 Å². The number of rotatable bonds is 5. The first-order valence-corrected chi connectivity index (χ1v) is 8.34. The average Bonchev–Trinajstić information content (AvgIpc) is 2.60. The molecule has 25 heavy (non-hydrogen) atoms. The highest BCUT2D eigenvalue weighted by Gasteiger charge is 2.23. The molecule has 0 radical (unpaired) electrons. The van der Waals surface area contributed by atoms with Gasteiger partial charge in [0.2, 0.25) is 0 Å². The highest BCUT2D eigenvalue weighted by atomic mass is 16.5. The second kappa shape index (κ2) is 7.97. The molecule has 132 valence electrons. The molecule has 0 saturated heterocycles. The Morgan fingerprint density at radius 2 is 1.60 bits per heavy atom. The van der Waals surface area contributed by atoms with Gasteiger partial charge in [0, 0.05) is 12.0 Å². The standard InChI is InChI=1S/C21H25NO3/c1-21(2,3)17-12-10-16(11-13-17)19(23)22-18(20(24)25-4)14-15-8-6-5-7-9-15/h5-13,18H,14H2,1-4H3,(H,22,23). The van der Waals surface area contributed by atoms with Crippen molar-refractivity contribution in [3.05, 3.63) is 71.3 Å². The fourth-order valence-electron chi connectivity index (χ4n) is 2.55. The van der Waals surface area contributed by atoms with Gasteiger partial charge in [0.15, 0.2) is 0 Å². The Kier molecular flexibility index (Phi) is 5.97. The molecule has 0 saturated carbocycles. The number of benzene rings is 2. The Morgan fingerprint density at radius 1 is 1.00 bits per heavy atom. The van der Waals surface area contributed by atoms with E-state index in [4.69, 9.17) is 4.74 Å². The molecule has 1 unspecified atom stereocenters. The van der Waals surface area contributed by atoms with E-state index in [9.17, 15) is 9.59 Å². The van der Waals surface area contributed by atoms with Crippen LogP contribution in [0.25, 0.3) is 0 Å². The number of carbonyl (C=O) groups is 2. The zero-order chi connectivity index (χ0) is 18.4. The minimum Gasteiger partial charge on any atom is -0.467 e. The number of nitrogens with one attached hydrogen (secondary N) is 1. The highest BCUT2D eigenvalue weighted by molar-refractivity contribution is 5.96. The first-order chi connectivity index (χ1) is 11.8. The van der Waals surface area contributed by atoms with Gasteiger partial charge >= 0.3 is 5.97 Å². The summed E-state index contributed by atoms with van der Waals surface area (Å²) >= 11 is 0. The fourth-order valence-corrected chi connectivity index (χ4v) is 2.55. The Bertz CT molecular complexity index is 715. The van der Waals surface area contributed by atoms with Crippen LogP contribution in [0.2, 0.25) is 0 Å². The van der Waals surface area contributed by atoms with Crippen LogP contribution in [0.5, 0.6) is 0 Å². The lowest BCUT2D eigenvalue weighted by Gasteiger charge is -2.20. The summed E-state index contributed by atoms with van der Waals surface area (Å²) in [5.74, 6) is -0.740. The van der Waals surface area contributed by atoms with Crippen LogP contribution in [-0.4, -0.2) is 25.0 Å². The lowest BCUT2D eigenvalue weighted by atomic mass is 9.86. The number of methoxy groups -OCH3 is 1. The van der Waals surface area contributed by atoms with Crippen LogP contribution in [0.3, 0.4) is 0 Å². The van der Waals surface area contributed by atoms with Crippen molar-refractivity contribution in [2.24, 2.45) is 0 Å². The van der Waals surface area contributed by atoms with E-state index in [1.807, 2.05) is 42.5 Å². The van der Waals surface area contributed by atoms with E-state index in [0.717, 1.165) is 11.1 Å². The van der Waals surface area contributed by atoms with Crippen molar-refractivity contribution in [3.63, 3.8) is 0 Å². The monoisotopic (exact) mass is 339 g/mol. The smallest absolute Gasteiger partial charge is 0.328 e. The summed E-state index contributed by atoms with van der Waals surface area (Å²) in [5.41, 5.74) is 2.66. The summed E-state index contributed by atoms with van der Waals surface area (Å²) in [7, 11) is 1.32. The van der Waals surface area contributed by atoms with Gasteiger partial charge in [0.1, 0.15) is 6.04 Å². The van der Waals surface area contributed by atoms with E-state index < -0.39 is 12.0 Å². The first kappa shape index (κ1) is 18.7. The second-order valence-electron chi connectivity index (χ2n) is 7.07. The minimum absolute atomic E-state index is 0.0247. The lowest BCUT2D eigenvalue weighted by Crippen LogP contribution is -2.43. The van der Waals surface area contributed by atoms with Gasteiger partial charge in [0.25, 0.3) is 5.91 Å². The van der Waals surface area contributed by atoms with Gasteiger partial charge in [0.05, 0.1) is 7.11 Å². The van der Waals surface area contributed by atoms with Gasteiger partial charge in [-0.3, -0.25) is 4.79 Å². The maximum absolute atomic E-state index is 12.5. The summed E-state index contributed by atoms with van der Waals surface area (Å²) in [6.07, 6.45) is 0.388. The molecule has 2 rings (SSSR count). The van der Waals surface area contributed by atoms with Gasteiger partial charge in [-0.05, 0) is 28.7 Å². The van der Waals surface area contributed by atoms with E-state index in [0.29, 0.717) is 12.0 Å². The topological polar surface area (TPSA) is 55.4 Å². The molecule has 2 aromatic carbocycles. The lowest BCUT2D eigenvalue weighted by molar-refractivity contribution is -0.142. The predicted molar refractivity (Wildman–Crippen MR) is 98.6 cm³/mol. The van der Waals surface area contributed by atoms with E-state index in [1.54, 1.807) is 12.1 Å². The molecule has 0 fully saturated rings. The average molecular weight is 339 g/mol. The van der Waals surface area contributed by atoms with Crippen molar-refractivity contribution >= 4 is 11.9 Å². The zero-order valence-electron chi connectivity index (χ0n) is 15.2. The first-order valence-electron chi connectivity index (χ1n) is 8.34. The normalized spacial score (nSPS) is 12.3. The van der Waals surface area contributed by atoms with Crippen molar-refractivity contribution in [2.45, 2.75) is 38.6 Å². The molecular formula is C21H25NO3. The summed E-state index contributed by atoms with van der Waals surface area (Å²) in [5, 5.41) is 2.78. The van der Waals surface area contributed by atoms with Crippen molar-refractivity contribution in [1.29, 1.82) is 0 Å². The number of esters is 1. The maximum atomic E-state index is 12.5. The predicted octanol–water partition coefficient (Wildman–Crippen LogP) is 3.50. The third kappa shape index (κ3) is 5.18. The summed E-state index contributed by atoms with van der Waals surface area (Å²) in [6.45, 7) is 6.36. The van der Waals surface area contributed by atoms with Gasteiger partial charge in [-0.2, -0.15) is 0 Å². The molecule has 4 heteroatoms. The van der Waals surface area contributed by atoms with E-state index in [2.05, 4.69) is 26.1 Å². The molecule has 1 amide bonds. The molecule has 2 aromatic rings. The quantitative estimate of drug-likeness (QED) is 0.848. The van der Waals surface area contributed by atoms with Crippen molar-refractivity contribution in [2.75, 3.05) is 7.11 Å². The van der Waals surface area contributed by atoms with Crippen LogP contribution >= 0.6 is 0 Å². The largest absolute Gasteiger partial charge is 0.467 e. The summed E-state index contributed by atoms with van der Waals surface area (Å²) in [4.78, 5) is 24.5. The Balaban J connectivity index is 2.12. The molecule has 0 aliphatic carbocycles. The molecule has 0 aliphatic rings. The highest BCUT2D eigenvalue weighted by Crippen LogP contribution is 2.22. The molecule has 4 nitrogen and oxygen atoms in total. The van der Waals surface area contributed by atoms with Crippen LogP contribution in [0, 0.1) is 0 Å². The van der Waals surface area contributed by atoms with Gasteiger partial charge < -0.3 is 10.1 Å². The number of ether oxygens (including phenoxy) is 1. The van der Waals surface area contributed by atoms with Gasteiger partial charge in [-0.25, -0.2) is 4.79 Å². The van der Waals surface area contributed by atoms with Crippen molar-refractivity contribution in [1.82, 2.24) is 5.32 Å². The van der Waals surface area contributed by atoms with Crippen LogP contribution in [-0.2, 0) is 21.4 Å². The molecule has 0 heterocycles. The zero-order valence-corrected chi connectivity index (χ0v) is 15.2. The van der Waals surface area contributed by atoms with Crippen molar-refractivity contribution < 1.29 is 14.3 Å². The molecular weight excluding hydrogens is 314 g/mol. The van der Waals surface area contributed by atoms with E-state index in [1.165, 1.54) is 7.11 Å². The Morgan fingerprint density at radius 3 is 2.12 bits per heavy atom. The fraction of sp³-hybridized carbons (Fsp3) is 0.333. The number of amides is 1. The molecule has 0 bridgehead atoms. The molecule has 0 spiro atoms.